The van der Waals surface area contributed by atoms with Crippen LogP contribution < -0.4 is 27.0 Å². The number of carbonyl (C=O) groups is 5. The zero-order valence-corrected chi connectivity index (χ0v) is 16.8. The molecule has 7 N–H and O–H groups in total. The second kappa shape index (κ2) is 11.6. The van der Waals surface area contributed by atoms with Crippen LogP contribution >= 0.6 is 0 Å². The summed E-state index contributed by atoms with van der Waals surface area (Å²) in [6.45, 7) is 7.20. The van der Waals surface area contributed by atoms with Gasteiger partial charge in [0.05, 0.1) is 0 Å². The van der Waals surface area contributed by atoms with E-state index in [1.165, 1.54) is 6.08 Å². The first-order valence-electron chi connectivity index (χ1n) is 9.59. The van der Waals surface area contributed by atoms with Gasteiger partial charge in [0.15, 0.2) is 0 Å². The highest BCUT2D eigenvalue weighted by Gasteiger charge is 2.51. The third-order valence-electron chi connectivity index (χ3n) is 4.84. The van der Waals surface area contributed by atoms with Crippen molar-refractivity contribution in [3.05, 3.63) is 24.9 Å². The second-order valence-corrected chi connectivity index (χ2v) is 7.02. The molecule has 0 bridgehead atoms. The second-order valence-electron chi connectivity index (χ2n) is 7.02. The van der Waals surface area contributed by atoms with Crippen molar-refractivity contribution >= 4 is 29.7 Å². The van der Waals surface area contributed by atoms with Crippen LogP contribution in [0.1, 0.15) is 38.5 Å². The Kier molecular flexibility index (Phi) is 9.53. The van der Waals surface area contributed by atoms with Gasteiger partial charge >= 0.3 is 12.0 Å². The number of carboxylic acid groups (broad SMARTS) is 1. The first kappa shape index (κ1) is 24.7. The lowest BCUT2D eigenvalue weighted by Crippen LogP contribution is -2.56. The lowest BCUT2D eigenvalue weighted by Gasteiger charge is -2.36. The molecule has 0 unspecified atom stereocenters. The van der Waals surface area contributed by atoms with Gasteiger partial charge in [0.2, 0.25) is 17.7 Å². The molecular weight excluding hydrogens is 394 g/mol. The average molecular weight is 423 g/mol. The number of carboxylic acids is 1. The number of rotatable bonds is 13. The highest BCUT2D eigenvalue weighted by molar-refractivity contribution is 6.04. The molecule has 1 fully saturated rings. The van der Waals surface area contributed by atoms with Crippen LogP contribution in [0.15, 0.2) is 24.9 Å². The number of nitrogens with one attached hydrogen (secondary N) is 4. The molecule has 11 nitrogen and oxygen atoms in total. The minimum Gasteiger partial charge on any atom is -0.480 e. The van der Waals surface area contributed by atoms with Gasteiger partial charge in [-0.25, -0.2) is 4.79 Å². The van der Waals surface area contributed by atoms with Crippen molar-refractivity contribution in [2.75, 3.05) is 13.1 Å². The number of hydrogen-bond acceptors (Lipinski definition) is 5. The summed E-state index contributed by atoms with van der Waals surface area (Å²) >= 11 is 0. The van der Waals surface area contributed by atoms with E-state index in [9.17, 15) is 29.1 Å². The van der Waals surface area contributed by atoms with Crippen LogP contribution in [0, 0.1) is 5.41 Å². The Morgan fingerprint density at radius 1 is 1.13 bits per heavy atom. The molecule has 0 aliphatic heterocycles. The standard InChI is InChI=1S/C19H29N5O6/c1-3-12(2)23-14(25)7-11-21-15(26)13(6-4-10-22-18(20)30)24-16(27)19(17(28)29)8-5-9-19/h3,13H,1-2,4-11H2,(H,21,26)(H,23,25)(H,24,27)(H,28,29)(H3,20,22,30)/t13-/m0/s1. The summed E-state index contributed by atoms with van der Waals surface area (Å²) in [4.78, 5) is 59.0. The van der Waals surface area contributed by atoms with Crippen molar-refractivity contribution in [2.24, 2.45) is 11.1 Å². The Morgan fingerprint density at radius 3 is 2.30 bits per heavy atom. The number of urea groups is 1. The molecule has 1 saturated carbocycles. The van der Waals surface area contributed by atoms with Crippen molar-refractivity contribution in [2.45, 2.75) is 44.6 Å². The van der Waals surface area contributed by atoms with Crippen LogP contribution in [0.3, 0.4) is 0 Å². The zero-order valence-electron chi connectivity index (χ0n) is 16.8. The topological polar surface area (TPSA) is 180 Å². The maximum atomic E-state index is 12.5. The molecule has 0 radical (unpaired) electrons. The fourth-order valence-corrected chi connectivity index (χ4v) is 2.87. The van der Waals surface area contributed by atoms with E-state index in [1.807, 2.05) is 0 Å². The summed E-state index contributed by atoms with van der Waals surface area (Å²) in [6, 6.07) is -1.73. The third-order valence-corrected chi connectivity index (χ3v) is 4.84. The lowest BCUT2D eigenvalue weighted by molar-refractivity contribution is -0.163. The number of amides is 5. The lowest BCUT2D eigenvalue weighted by atomic mass is 9.68. The smallest absolute Gasteiger partial charge is 0.319 e. The highest BCUT2D eigenvalue weighted by atomic mass is 16.4. The van der Waals surface area contributed by atoms with Gasteiger partial charge in [-0.05, 0) is 31.8 Å². The molecule has 0 aromatic carbocycles. The first-order chi connectivity index (χ1) is 14.1. The van der Waals surface area contributed by atoms with E-state index >= 15 is 0 Å². The fraction of sp³-hybridized carbons (Fsp3) is 0.526. The molecule has 0 heterocycles. The van der Waals surface area contributed by atoms with E-state index in [4.69, 9.17) is 5.73 Å². The maximum absolute atomic E-state index is 12.5. The van der Waals surface area contributed by atoms with Crippen molar-refractivity contribution < 1.29 is 29.1 Å². The highest BCUT2D eigenvalue weighted by Crippen LogP contribution is 2.41. The van der Waals surface area contributed by atoms with Crippen molar-refractivity contribution in [3.63, 3.8) is 0 Å². The summed E-state index contributed by atoms with van der Waals surface area (Å²) in [6.07, 6.45) is 2.85. The van der Waals surface area contributed by atoms with Gasteiger partial charge in [-0.15, -0.1) is 0 Å². The quantitative estimate of drug-likeness (QED) is 0.132. The van der Waals surface area contributed by atoms with E-state index in [1.54, 1.807) is 0 Å². The number of hydrogen-bond donors (Lipinski definition) is 6. The van der Waals surface area contributed by atoms with Crippen molar-refractivity contribution in [1.29, 1.82) is 0 Å². The van der Waals surface area contributed by atoms with Crippen LogP contribution in [-0.4, -0.2) is 54.0 Å². The Morgan fingerprint density at radius 2 is 1.80 bits per heavy atom. The summed E-state index contributed by atoms with van der Waals surface area (Å²) in [5.41, 5.74) is 3.80. The van der Waals surface area contributed by atoms with Crippen molar-refractivity contribution in [3.8, 4) is 0 Å². The molecule has 1 aliphatic rings. The summed E-state index contributed by atoms with van der Waals surface area (Å²) in [5, 5.41) is 19.3. The number of nitrogens with two attached hydrogens (primary N) is 1. The molecule has 5 amide bonds. The molecule has 30 heavy (non-hydrogen) atoms. The molecule has 166 valence electrons. The monoisotopic (exact) mass is 423 g/mol. The van der Waals surface area contributed by atoms with Crippen LogP contribution in [0.5, 0.6) is 0 Å². The minimum atomic E-state index is -1.52. The molecule has 0 aromatic rings. The van der Waals surface area contributed by atoms with Gasteiger partial charge < -0.3 is 32.1 Å². The van der Waals surface area contributed by atoms with E-state index in [0.29, 0.717) is 18.5 Å². The van der Waals surface area contributed by atoms with Crippen LogP contribution in [-0.2, 0) is 19.2 Å². The molecular formula is C19H29N5O6. The average Bonchev–Trinajstić information content (AvgIpc) is 2.62. The number of carbonyl (C=O) groups excluding carboxylic acids is 4. The summed E-state index contributed by atoms with van der Waals surface area (Å²) in [5.74, 6) is -2.87. The summed E-state index contributed by atoms with van der Waals surface area (Å²) < 4.78 is 0. The fourth-order valence-electron chi connectivity index (χ4n) is 2.87. The normalized spacial score (nSPS) is 14.9. The largest absolute Gasteiger partial charge is 0.480 e. The molecule has 0 spiro atoms. The minimum absolute atomic E-state index is 0.00503. The van der Waals surface area contributed by atoms with Crippen LogP contribution in [0.4, 0.5) is 4.79 Å². The van der Waals surface area contributed by atoms with E-state index in [-0.39, 0.29) is 44.7 Å². The van der Waals surface area contributed by atoms with E-state index in [0.717, 1.165) is 0 Å². The number of aliphatic carboxylic acids is 1. The SMILES string of the molecule is C=CC(=C)NC(=O)CCNC(=O)[C@H](CCCNC(N)=O)NC(=O)C1(C(=O)O)CCC1. The van der Waals surface area contributed by atoms with Gasteiger partial charge in [0.1, 0.15) is 11.5 Å². The van der Waals surface area contributed by atoms with Crippen LogP contribution in [0.2, 0.25) is 0 Å². The molecule has 1 rings (SSSR count). The van der Waals surface area contributed by atoms with E-state index < -0.39 is 35.3 Å². The van der Waals surface area contributed by atoms with Gasteiger partial charge in [-0.3, -0.25) is 19.2 Å². The molecule has 11 heteroatoms. The Balaban J connectivity index is 2.66. The van der Waals surface area contributed by atoms with Gasteiger partial charge in [-0.1, -0.05) is 19.6 Å². The Labute approximate surface area is 174 Å². The summed E-state index contributed by atoms with van der Waals surface area (Å²) in [7, 11) is 0. The maximum Gasteiger partial charge on any atom is 0.319 e. The number of allylic oxidation sites excluding steroid dienone is 1. The van der Waals surface area contributed by atoms with Gasteiger partial charge in [0.25, 0.3) is 0 Å². The van der Waals surface area contributed by atoms with E-state index in [2.05, 4.69) is 34.4 Å². The predicted molar refractivity (Wildman–Crippen MR) is 108 cm³/mol. The first-order valence-corrected chi connectivity index (χ1v) is 9.59. The third kappa shape index (κ3) is 7.22. The van der Waals surface area contributed by atoms with Gasteiger partial charge in [-0.2, -0.15) is 0 Å². The van der Waals surface area contributed by atoms with Gasteiger partial charge in [0, 0.05) is 25.2 Å². The molecule has 0 saturated heterocycles. The molecule has 0 aromatic heterocycles. The van der Waals surface area contributed by atoms with Crippen LogP contribution in [0.25, 0.3) is 0 Å². The molecule has 1 atom stereocenters. The number of primary amides is 1. The molecule has 1 aliphatic carbocycles. The van der Waals surface area contributed by atoms with Crippen molar-refractivity contribution in [1.82, 2.24) is 21.3 Å². The Hall–Kier alpha value is -3.37. The predicted octanol–water partition coefficient (Wildman–Crippen LogP) is -0.503. The Bertz CT molecular complexity index is 716. The zero-order chi connectivity index (χ0) is 22.7.